The molecule has 5 heteroatoms. The van der Waals surface area contributed by atoms with Crippen LogP contribution in [0.2, 0.25) is 0 Å². The van der Waals surface area contributed by atoms with Crippen LogP contribution in [0, 0.1) is 19.8 Å². The molecule has 1 N–H and O–H groups in total. The van der Waals surface area contributed by atoms with Gasteiger partial charge in [0.25, 0.3) is 5.91 Å². The zero-order valence-electron chi connectivity index (χ0n) is 16.0. The third kappa shape index (κ3) is 6.67. The van der Waals surface area contributed by atoms with E-state index in [1.807, 2.05) is 25.1 Å². The highest BCUT2D eigenvalue weighted by molar-refractivity contribution is 5.77. The van der Waals surface area contributed by atoms with Gasteiger partial charge in [-0.1, -0.05) is 19.9 Å². The second-order valence-corrected chi connectivity index (χ2v) is 7.27. The van der Waals surface area contributed by atoms with Gasteiger partial charge in [0.05, 0.1) is 13.2 Å². The summed E-state index contributed by atoms with van der Waals surface area (Å²) in [6.07, 6.45) is 1.07. The van der Waals surface area contributed by atoms with Gasteiger partial charge in [-0.2, -0.15) is 0 Å². The van der Waals surface area contributed by atoms with Crippen LogP contribution in [0.3, 0.4) is 0 Å². The highest BCUT2D eigenvalue weighted by Crippen LogP contribution is 2.16. The lowest BCUT2D eigenvalue weighted by Gasteiger charge is -2.35. The van der Waals surface area contributed by atoms with Crippen LogP contribution >= 0.6 is 0 Å². The van der Waals surface area contributed by atoms with Crippen LogP contribution in [0.4, 0.5) is 0 Å². The third-order valence-electron chi connectivity index (χ3n) is 4.69. The third-order valence-corrected chi connectivity index (χ3v) is 4.69. The minimum Gasteiger partial charge on any atom is -0.484 e. The topological polar surface area (TPSA) is 50.8 Å². The summed E-state index contributed by atoms with van der Waals surface area (Å²) in [5.41, 5.74) is 2.39. The van der Waals surface area contributed by atoms with Gasteiger partial charge in [0.1, 0.15) is 5.75 Å². The summed E-state index contributed by atoms with van der Waals surface area (Å²) in [5.74, 6) is 1.27. The normalized spacial score (nSPS) is 16.7. The molecule has 25 heavy (non-hydrogen) atoms. The first-order valence-electron chi connectivity index (χ1n) is 9.24. The SMILES string of the molecule is Cc1ccc(OCC(=O)NCC(CC(C)C)N2CCOCC2)cc1C. The molecule has 1 aromatic rings. The van der Waals surface area contributed by atoms with E-state index in [1.165, 1.54) is 11.1 Å². The van der Waals surface area contributed by atoms with Gasteiger partial charge in [-0.05, 0) is 49.4 Å². The summed E-state index contributed by atoms with van der Waals surface area (Å²) in [4.78, 5) is 14.6. The lowest BCUT2D eigenvalue weighted by atomic mass is 10.0. The lowest BCUT2D eigenvalue weighted by molar-refractivity contribution is -0.123. The Labute approximate surface area is 151 Å². The van der Waals surface area contributed by atoms with Crippen LogP contribution in [0.5, 0.6) is 5.75 Å². The van der Waals surface area contributed by atoms with E-state index < -0.39 is 0 Å². The zero-order chi connectivity index (χ0) is 18.2. The number of carbonyl (C=O) groups excluding carboxylic acids is 1. The van der Waals surface area contributed by atoms with E-state index in [1.54, 1.807) is 0 Å². The van der Waals surface area contributed by atoms with E-state index in [0.717, 1.165) is 38.5 Å². The number of rotatable bonds is 8. The molecular weight excluding hydrogens is 316 g/mol. The Morgan fingerprint density at radius 1 is 1.24 bits per heavy atom. The maximum Gasteiger partial charge on any atom is 0.257 e. The second kappa shape index (κ2) is 9.78. The van der Waals surface area contributed by atoms with Crippen molar-refractivity contribution in [3.63, 3.8) is 0 Å². The van der Waals surface area contributed by atoms with Crippen molar-refractivity contribution in [2.45, 2.75) is 40.2 Å². The monoisotopic (exact) mass is 348 g/mol. The Morgan fingerprint density at radius 2 is 1.96 bits per heavy atom. The molecular formula is C20H32N2O3. The number of morpholine rings is 1. The maximum absolute atomic E-state index is 12.2. The molecule has 1 aromatic carbocycles. The van der Waals surface area contributed by atoms with Gasteiger partial charge >= 0.3 is 0 Å². The number of hydrogen-bond donors (Lipinski definition) is 1. The number of amides is 1. The predicted octanol–water partition coefficient (Wildman–Crippen LogP) is 2.55. The van der Waals surface area contributed by atoms with E-state index in [0.29, 0.717) is 18.5 Å². The largest absolute Gasteiger partial charge is 0.484 e. The summed E-state index contributed by atoms with van der Waals surface area (Å²) in [7, 11) is 0. The Kier molecular flexibility index (Phi) is 7.72. The minimum absolute atomic E-state index is 0.0556. The van der Waals surface area contributed by atoms with Crippen molar-refractivity contribution < 1.29 is 14.3 Å². The van der Waals surface area contributed by atoms with Crippen molar-refractivity contribution in [3.8, 4) is 5.75 Å². The summed E-state index contributed by atoms with van der Waals surface area (Å²) < 4.78 is 11.1. The summed E-state index contributed by atoms with van der Waals surface area (Å²) in [6, 6.07) is 6.25. The standard InChI is InChI=1S/C20H32N2O3/c1-15(2)11-18(22-7-9-24-10-8-22)13-21-20(23)14-25-19-6-5-16(3)17(4)12-19/h5-6,12,15,18H,7-11,13-14H2,1-4H3,(H,21,23). The highest BCUT2D eigenvalue weighted by atomic mass is 16.5. The van der Waals surface area contributed by atoms with Crippen LogP contribution < -0.4 is 10.1 Å². The molecule has 1 amide bonds. The number of aryl methyl sites for hydroxylation is 2. The fraction of sp³-hybridized carbons (Fsp3) is 0.650. The van der Waals surface area contributed by atoms with Crippen molar-refractivity contribution in [2.75, 3.05) is 39.5 Å². The summed E-state index contributed by atoms with van der Waals surface area (Å²) >= 11 is 0. The maximum atomic E-state index is 12.2. The average molecular weight is 348 g/mol. The molecule has 0 aromatic heterocycles. The molecule has 0 spiro atoms. The van der Waals surface area contributed by atoms with Gasteiger partial charge in [-0.25, -0.2) is 0 Å². The quantitative estimate of drug-likeness (QED) is 0.784. The Hall–Kier alpha value is -1.59. The number of hydrogen-bond acceptors (Lipinski definition) is 4. The molecule has 1 aliphatic rings. The molecule has 1 saturated heterocycles. The Bertz CT molecular complexity index is 554. The molecule has 5 nitrogen and oxygen atoms in total. The molecule has 0 saturated carbocycles. The number of benzene rings is 1. The van der Waals surface area contributed by atoms with Crippen molar-refractivity contribution in [2.24, 2.45) is 5.92 Å². The fourth-order valence-corrected chi connectivity index (χ4v) is 3.08. The molecule has 1 fully saturated rings. The molecule has 0 bridgehead atoms. The molecule has 0 radical (unpaired) electrons. The van der Waals surface area contributed by atoms with Crippen LogP contribution in [-0.4, -0.2) is 56.3 Å². The van der Waals surface area contributed by atoms with E-state index in [-0.39, 0.29) is 12.5 Å². The fourth-order valence-electron chi connectivity index (χ4n) is 3.08. The molecule has 1 atom stereocenters. The van der Waals surface area contributed by atoms with Gasteiger partial charge in [-0.3, -0.25) is 9.69 Å². The van der Waals surface area contributed by atoms with Gasteiger partial charge < -0.3 is 14.8 Å². The van der Waals surface area contributed by atoms with Crippen LogP contribution in [-0.2, 0) is 9.53 Å². The molecule has 1 aliphatic heterocycles. The molecule has 1 unspecified atom stereocenters. The van der Waals surface area contributed by atoms with Crippen molar-refractivity contribution in [1.29, 1.82) is 0 Å². The highest BCUT2D eigenvalue weighted by Gasteiger charge is 2.22. The lowest BCUT2D eigenvalue weighted by Crippen LogP contribution is -2.49. The van der Waals surface area contributed by atoms with Crippen LogP contribution in [0.15, 0.2) is 18.2 Å². The van der Waals surface area contributed by atoms with E-state index in [9.17, 15) is 4.79 Å². The molecule has 1 heterocycles. The second-order valence-electron chi connectivity index (χ2n) is 7.27. The van der Waals surface area contributed by atoms with Crippen molar-refractivity contribution >= 4 is 5.91 Å². The molecule has 140 valence electrons. The average Bonchev–Trinajstić information content (AvgIpc) is 2.60. The van der Waals surface area contributed by atoms with Gasteiger partial charge in [0.15, 0.2) is 6.61 Å². The Balaban J connectivity index is 1.79. The number of nitrogens with zero attached hydrogens (tertiary/aromatic N) is 1. The van der Waals surface area contributed by atoms with Gasteiger partial charge in [0.2, 0.25) is 0 Å². The molecule has 2 rings (SSSR count). The van der Waals surface area contributed by atoms with Gasteiger partial charge in [-0.15, -0.1) is 0 Å². The van der Waals surface area contributed by atoms with Gasteiger partial charge in [0, 0.05) is 25.7 Å². The first-order valence-corrected chi connectivity index (χ1v) is 9.24. The van der Waals surface area contributed by atoms with Crippen molar-refractivity contribution in [3.05, 3.63) is 29.3 Å². The van der Waals surface area contributed by atoms with Crippen LogP contribution in [0.25, 0.3) is 0 Å². The first kappa shape index (κ1) is 19.7. The molecule has 0 aliphatic carbocycles. The predicted molar refractivity (Wildman–Crippen MR) is 100 cm³/mol. The summed E-state index contributed by atoms with van der Waals surface area (Å²) in [6.45, 7) is 12.7. The van der Waals surface area contributed by atoms with Crippen LogP contribution in [0.1, 0.15) is 31.4 Å². The smallest absolute Gasteiger partial charge is 0.257 e. The van der Waals surface area contributed by atoms with E-state index >= 15 is 0 Å². The Morgan fingerprint density at radius 3 is 2.60 bits per heavy atom. The van der Waals surface area contributed by atoms with E-state index in [4.69, 9.17) is 9.47 Å². The minimum atomic E-state index is -0.0692. The first-order chi connectivity index (χ1) is 12.0. The van der Waals surface area contributed by atoms with Crippen molar-refractivity contribution in [1.82, 2.24) is 10.2 Å². The summed E-state index contributed by atoms with van der Waals surface area (Å²) in [5, 5.41) is 3.04. The van der Waals surface area contributed by atoms with E-state index in [2.05, 4.69) is 31.0 Å². The zero-order valence-corrected chi connectivity index (χ0v) is 16.0. The number of ether oxygens (including phenoxy) is 2. The number of nitrogens with one attached hydrogen (secondary N) is 1. The number of carbonyl (C=O) groups is 1.